The van der Waals surface area contributed by atoms with E-state index < -0.39 is 0 Å². The van der Waals surface area contributed by atoms with Crippen LogP contribution in [0.25, 0.3) is 0 Å². The first-order valence-corrected chi connectivity index (χ1v) is 7.83. The summed E-state index contributed by atoms with van der Waals surface area (Å²) in [5.74, 6) is 0.625. The molecule has 0 spiro atoms. The van der Waals surface area contributed by atoms with Crippen molar-refractivity contribution in [1.82, 2.24) is 4.90 Å². The van der Waals surface area contributed by atoms with E-state index in [0.29, 0.717) is 11.3 Å². The maximum absolute atomic E-state index is 6.20. The Balaban J connectivity index is 2.17. The molecule has 0 aromatic heterocycles. The first-order valence-electron chi connectivity index (χ1n) is 7.45. The third-order valence-corrected chi connectivity index (χ3v) is 5.26. The lowest BCUT2D eigenvalue weighted by atomic mass is 9.84. The molecule has 1 aromatic carbocycles. The number of likely N-dealkylation sites (N-methyl/N-ethyl adjacent to an activating group) is 1. The molecular formula is C17H27ClN2. The average Bonchev–Trinajstić information content (AvgIpc) is 2.62. The second-order valence-electron chi connectivity index (χ2n) is 7.24. The Hall–Kier alpha value is -0.570. The Bertz CT molecular complexity index is 455. The summed E-state index contributed by atoms with van der Waals surface area (Å²) in [7, 11) is 2.21. The van der Waals surface area contributed by atoms with E-state index >= 15 is 0 Å². The molecule has 0 amide bonds. The fraction of sp³-hybridized carbons (Fsp3) is 0.647. The summed E-state index contributed by atoms with van der Waals surface area (Å²) < 4.78 is 0. The normalized spacial score (nSPS) is 29.1. The zero-order valence-electron chi connectivity index (χ0n) is 13.1. The van der Waals surface area contributed by atoms with Crippen molar-refractivity contribution >= 4 is 11.6 Å². The van der Waals surface area contributed by atoms with Crippen molar-refractivity contribution < 1.29 is 0 Å². The molecule has 1 aliphatic carbocycles. The van der Waals surface area contributed by atoms with Crippen LogP contribution in [0.2, 0.25) is 5.02 Å². The van der Waals surface area contributed by atoms with Crippen LogP contribution in [0.15, 0.2) is 24.3 Å². The van der Waals surface area contributed by atoms with E-state index in [0.717, 1.165) is 18.1 Å². The minimum Gasteiger partial charge on any atom is -0.329 e. The van der Waals surface area contributed by atoms with Crippen LogP contribution in [0.3, 0.4) is 0 Å². The van der Waals surface area contributed by atoms with Crippen molar-refractivity contribution in [1.29, 1.82) is 0 Å². The van der Waals surface area contributed by atoms with Crippen molar-refractivity contribution in [2.45, 2.75) is 45.7 Å². The Morgan fingerprint density at radius 2 is 1.90 bits per heavy atom. The van der Waals surface area contributed by atoms with E-state index in [9.17, 15) is 0 Å². The Morgan fingerprint density at radius 1 is 1.30 bits per heavy atom. The molecule has 1 aromatic rings. The molecule has 0 aliphatic heterocycles. The zero-order valence-corrected chi connectivity index (χ0v) is 13.9. The third-order valence-electron chi connectivity index (χ3n) is 5.01. The van der Waals surface area contributed by atoms with Gasteiger partial charge in [0.05, 0.1) is 0 Å². The van der Waals surface area contributed by atoms with Gasteiger partial charge in [-0.2, -0.15) is 0 Å². The van der Waals surface area contributed by atoms with Crippen molar-refractivity contribution in [3.05, 3.63) is 34.9 Å². The topological polar surface area (TPSA) is 29.3 Å². The molecule has 1 fully saturated rings. The predicted molar refractivity (Wildman–Crippen MR) is 86.9 cm³/mol. The number of halogens is 1. The molecule has 2 N–H and O–H groups in total. The van der Waals surface area contributed by atoms with Gasteiger partial charge in [-0.3, -0.25) is 4.90 Å². The van der Waals surface area contributed by atoms with Crippen LogP contribution in [-0.4, -0.2) is 24.0 Å². The molecule has 0 radical (unpaired) electrons. The molecule has 2 unspecified atom stereocenters. The van der Waals surface area contributed by atoms with Gasteiger partial charge < -0.3 is 5.73 Å². The molecule has 2 atom stereocenters. The molecule has 112 valence electrons. The number of benzene rings is 1. The van der Waals surface area contributed by atoms with Crippen LogP contribution in [0.4, 0.5) is 0 Å². The number of nitrogens with zero attached hydrogens (tertiary/aromatic N) is 1. The minimum absolute atomic E-state index is 0.114. The summed E-state index contributed by atoms with van der Waals surface area (Å²) >= 11 is 5.96. The SMILES string of the molecule is CC1CC(C)(C)CC1(CN)N(C)Cc1ccc(Cl)cc1. The number of rotatable bonds is 4. The highest BCUT2D eigenvalue weighted by Gasteiger charge is 2.49. The monoisotopic (exact) mass is 294 g/mol. The number of hydrogen-bond acceptors (Lipinski definition) is 2. The van der Waals surface area contributed by atoms with E-state index in [1.165, 1.54) is 18.4 Å². The zero-order chi connectivity index (χ0) is 15.0. The van der Waals surface area contributed by atoms with E-state index in [4.69, 9.17) is 17.3 Å². The van der Waals surface area contributed by atoms with Gasteiger partial charge in [-0.15, -0.1) is 0 Å². The smallest absolute Gasteiger partial charge is 0.0406 e. The van der Waals surface area contributed by atoms with Crippen molar-refractivity contribution in [3.63, 3.8) is 0 Å². The lowest BCUT2D eigenvalue weighted by molar-refractivity contribution is 0.0786. The fourth-order valence-electron chi connectivity index (χ4n) is 4.06. The van der Waals surface area contributed by atoms with Crippen LogP contribution in [0, 0.1) is 11.3 Å². The second kappa shape index (κ2) is 5.67. The van der Waals surface area contributed by atoms with Crippen LogP contribution in [0.5, 0.6) is 0 Å². The Morgan fingerprint density at radius 3 is 2.35 bits per heavy atom. The molecule has 2 nitrogen and oxygen atoms in total. The highest BCUT2D eigenvalue weighted by atomic mass is 35.5. The first kappa shape index (κ1) is 15.8. The molecule has 0 bridgehead atoms. The molecule has 1 aliphatic rings. The highest BCUT2D eigenvalue weighted by molar-refractivity contribution is 6.30. The summed E-state index contributed by atoms with van der Waals surface area (Å²) in [6.07, 6.45) is 2.41. The van der Waals surface area contributed by atoms with Gasteiger partial charge in [0.25, 0.3) is 0 Å². The van der Waals surface area contributed by atoms with E-state index in [-0.39, 0.29) is 5.54 Å². The summed E-state index contributed by atoms with van der Waals surface area (Å²) in [5, 5.41) is 0.792. The van der Waals surface area contributed by atoms with Gasteiger partial charge in [-0.25, -0.2) is 0 Å². The molecule has 20 heavy (non-hydrogen) atoms. The molecule has 3 heteroatoms. The van der Waals surface area contributed by atoms with E-state index in [2.05, 4.69) is 44.9 Å². The van der Waals surface area contributed by atoms with Crippen molar-refractivity contribution in [3.8, 4) is 0 Å². The van der Waals surface area contributed by atoms with Gasteiger partial charge in [0.1, 0.15) is 0 Å². The minimum atomic E-state index is 0.114. The first-order chi connectivity index (χ1) is 9.29. The van der Waals surface area contributed by atoms with Crippen LogP contribution < -0.4 is 5.73 Å². The third kappa shape index (κ3) is 3.03. The van der Waals surface area contributed by atoms with Gasteiger partial charge in [-0.05, 0) is 48.9 Å². The van der Waals surface area contributed by atoms with Gasteiger partial charge in [-0.1, -0.05) is 44.5 Å². The second-order valence-corrected chi connectivity index (χ2v) is 7.67. The molecule has 2 rings (SSSR count). The number of nitrogens with two attached hydrogens (primary N) is 1. The van der Waals surface area contributed by atoms with Crippen LogP contribution in [0.1, 0.15) is 39.2 Å². The molecule has 0 heterocycles. The Kier molecular flexibility index (Phi) is 4.48. The summed E-state index contributed by atoms with van der Waals surface area (Å²) in [6.45, 7) is 8.71. The number of hydrogen-bond donors (Lipinski definition) is 1. The van der Waals surface area contributed by atoms with Gasteiger partial charge in [0.15, 0.2) is 0 Å². The standard InChI is InChI=1S/C17H27ClN2/c1-13-9-16(2,3)11-17(13,12-19)20(4)10-14-5-7-15(18)8-6-14/h5-8,13H,9-12,19H2,1-4H3. The largest absolute Gasteiger partial charge is 0.329 e. The summed E-state index contributed by atoms with van der Waals surface area (Å²) in [4.78, 5) is 2.45. The molecule has 1 saturated carbocycles. The summed E-state index contributed by atoms with van der Waals surface area (Å²) in [6, 6.07) is 8.13. The van der Waals surface area contributed by atoms with Gasteiger partial charge >= 0.3 is 0 Å². The van der Waals surface area contributed by atoms with Gasteiger partial charge in [0, 0.05) is 23.7 Å². The molecule has 0 saturated heterocycles. The van der Waals surface area contributed by atoms with Crippen LogP contribution >= 0.6 is 11.6 Å². The average molecular weight is 295 g/mol. The lowest BCUT2D eigenvalue weighted by Gasteiger charge is -2.42. The fourth-order valence-corrected chi connectivity index (χ4v) is 4.18. The lowest BCUT2D eigenvalue weighted by Crippen LogP contribution is -2.54. The maximum Gasteiger partial charge on any atom is 0.0406 e. The van der Waals surface area contributed by atoms with E-state index in [1.807, 2.05) is 12.1 Å². The van der Waals surface area contributed by atoms with Gasteiger partial charge in [0.2, 0.25) is 0 Å². The highest BCUT2D eigenvalue weighted by Crippen LogP contribution is 2.49. The summed E-state index contributed by atoms with van der Waals surface area (Å²) in [5.41, 5.74) is 7.99. The van der Waals surface area contributed by atoms with Crippen molar-refractivity contribution in [2.24, 2.45) is 17.1 Å². The quantitative estimate of drug-likeness (QED) is 0.912. The Labute approximate surface area is 128 Å². The molecular weight excluding hydrogens is 268 g/mol. The predicted octanol–water partition coefficient (Wildman–Crippen LogP) is 3.93. The maximum atomic E-state index is 6.20. The van der Waals surface area contributed by atoms with E-state index in [1.54, 1.807) is 0 Å². The van der Waals surface area contributed by atoms with Crippen LogP contribution in [-0.2, 0) is 6.54 Å². The van der Waals surface area contributed by atoms with Crippen molar-refractivity contribution in [2.75, 3.05) is 13.6 Å².